The number of hydrogen-bond donors (Lipinski definition) is 1. The van der Waals surface area contributed by atoms with Crippen molar-refractivity contribution in [2.45, 2.75) is 11.9 Å². The van der Waals surface area contributed by atoms with Gasteiger partial charge >= 0.3 is 0 Å². The topological polar surface area (TPSA) is 68.5 Å². The van der Waals surface area contributed by atoms with Crippen LogP contribution >= 0.6 is 11.8 Å². The number of carbonyl (C=O) groups excluding carboxylic acids is 1. The van der Waals surface area contributed by atoms with Crippen LogP contribution in [0.3, 0.4) is 0 Å². The molecule has 0 bridgehead atoms. The number of imidazole rings is 1. The molecule has 0 aliphatic rings. The zero-order valence-corrected chi connectivity index (χ0v) is 16.9. The first kappa shape index (κ1) is 19.0. The largest absolute Gasteiger partial charge is 0.497 e. The number of fused-ring (bicyclic) bond motifs is 1. The Morgan fingerprint density at radius 3 is 2.55 bits per heavy atom. The highest BCUT2D eigenvalue weighted by atomic mass is 32.2. The highest BCUT2D eigenvalue weighted by Gasteiger charge is 2.09. The molecule has 1 N–H and O–H groups in total. The predicted octanol–water partition coefficient (Wildman–Crippen LogP) is 4.44. The molecule has 0 atom stereocenters. The van der Waals surface area contributed by atoms with Crippen molar-refractivity contribution in [3.8, 4) is 17.0 Å². The number of amides is 1. The molecule has 29 heavy (non-hydrogen) atoms. The SMILES string of the molecule is COc1ccc(-c2cn3nc(SCC(=O)Nc4ccc(C)cc4)ccc3n2)cc1. The van der Waals surface area contributed by atoms with E-state index >= 15 is 0 Å². The van der Waals surface area contributed by atoms with Gasteiger partial charge in [0.15, 0.2) is 5.65 Å². The van der Waals surface area contributed by atoms with E-state index in [0.717, 1.165) is 38.9 Å². The molecule has 2 heterocycles. The van der Waals surface area contributed by atoms with Crippen LogP contribution < -0.4 is 10.1 Å². The normalized spacial score (nSPS) is 10.8. The van der Waals surface area contributed by atoms with Crippen LogP contribution in [0.5, 0.6) is 5.75 Å². The number of aromatic nitrogens is 3. The number of anilines is 1. The van der Waals surface area contributed by atoms with E-state index in [1.807, 2.05) is 73.8 Å². The summed E-state index contributed by atoms with van der Waals surface area (Å²) in [5.41, 5.74) is 4.53. The minimum Gasteiger partial charge on any atom is -0.497 e. The first-order valence-electron chi connectivity index (χ1n) is 9.11. The smallest absolute Gasteiger partial charge is 0.234 e. The fourth-order valence-electron chi connectivity index (χ4n) is 2.82. The third-order valence-electron chi connectivity index (χ3n) is 4.37. The Bertz CT molecular complexity index is 1140. The lowest BCUT2D eigenvalue weighted by molar-refractivity contribution is -0.113. The van der Waals surface area contributed by atoms with Crippen molar-refractivity contribution in [1.29, 1.82) is 0 Å². The van der Waals surface area contributed by atoms with Gasteiger partial charge in [-0.15, -0.1) is 0 Å². The van der Waals surface area contributed by atoms with Gasteiger partial charge < -0.3 is 10.1 Å². The fourth-order valence-corrected chi connectivity index (χ4v) is 3.48. The van der Waals surface area contributed by atoms with E-state index in [-0.39, 0.29) is 11.7 Å². The first-order chi connectivity index (χ1) is 14.1. The van der Waals surface area contributed by atoms with Crippen LogP contribution in [0.25, 0.3) is 16.9 Å². The summed E-state index contributed by atoms with van der Waals surface area (Å²) in [6.07, 6.45) is 1.88. The molecule has 7 heteroatoms. The van der Waals surface area contributed by atoms with Gasteiger partial charge in [-0.3, -0.25) is 4.79 Å². The Labute approximate surface area is 172 Å². The van der Waals surface area contributed by atoms with Crippen molar-refractivity contribution >= 4 is 29.0 Å². The quantitative estimate of drug-likeness (QED) is 0.481. The third-order valence-corrected chi connectivity index (χ3v) is 5.29. The molecule has 0 radical (unpaired) electrons. The van der Waals surface area contributed by atoms with Gasteiger partial charge in [0.1, 0.15) is 10.8 Å². The van der Waals surface area contributed by atoms with Gasteiger partial charge in [-0.1, -0.05) is 29.5 Å². The summed E-state index contributed by atoms with van der Waals surface area (Å²) in [5.74, 6) is 1.02. The van der Waals surface area contributed by atoms with Crippen molar-refractivity contribution in [2.75, 3.05) is 18.2 Å². The number of nitrogens with zero attached hydrogens (tertiary/aromatic N) is 3. The first-order valence-corrected chi connectivity index (χ1v) is 10.1. The lowest BCUT2D eigenvalue weighted by Crippen LogP contribution is -2.14. The number of nitrogens with one attached hydrogen (secondary N) is 1. The third kappa shape index (κ3) is 4.57. The molecule has 2 aromatic carbocycles. The molecule has 1 amide bonds. The van der Waals surface area contributed by atoms with Crippen molar-refractivity contribution in [2.24, 2.45) is 0 Å². The Morgan fingerprint density at radius 2 is 1.83 bits per heavy atom. The van der Waals surface area contributed by atoms with Crippen LogP contribution in [-0.2, 0) is 4.79 Å². The van der Waals surface area contributed by atoms with Gasteiger partial charge in [0.05, 0.1) is 24.8 Å². The van der Waals surface area contributed by atoms with Crippen molar-refractivity contribution < 1.29 is 9.53 Å². The molecule has 0 spiro atoms. The van der Waals surface area contributed by atoms with E-state index in [9.17, 15) is 4.79 Å². The zero-order chi connectivity index (χ0) is 20.2. The lowest BCUT2D eigenvalue weighted by atomic mass is 10.2. The summed E-state index contributed by atoms with van der Waals surface area (Å²) in [6.45, 7) is 2.01. The van der Waals surface area contributed by atoms with Crippen LogP contribution in [0.15, 0.2) is 71.9 Å². The van der Waals surface area contributed by atoms with Crippen molar-refractivity contribution in [3.05, 3.63) is 72.4 Å². The number of ether oxygens (including phenoxy) is 1. The van der Waals surface area contributed by atoms with Gasteiger partial charge in [-0.05, 0) is 55.5 Å². The van der Waals surface area contributed by atoms with Gasteiger partial charge in [0.25, 0.3) is 0 Å². The molecular formula is C22H20N4O2S. The second kappa shape index (κ2) is 8.36. The molecule has 6 nitrogen and oxygen atoms in total. The average Bonchev–Trinajstić information content (AvgIpc) is 3.17. The molecule has 0 saturated heterocycles. The van der Waals surface area contributed by atoms with Crippen LogP contribution in [0.2, 0.25) is 0 Å². The number of aryl methyl sites for hydroxylation is 1. The van der Waals surface area contributed by atoms with Gasteiger partial charge in [0.2, 0.25) is 5.91 Å². The van der Waals surface area contributed by atoms with Gasteiger partial charge in [0, 0.05) is 11.3 Å². The number of rotatable bonds is 6. The summed E-state index contributed by atoms with van der Waals surface area (Å²) < 4.78 is 6.93. The molecule has 0 unspecified atom stereocenters. The van der Waals surface area contributed by atoms with E-state index in [2.05, 4.69) is 15.4 Å². The molecule has 0 aliphatic heterocycles. The molecule has 146 valence electrons. The molecule has 0 saturated carbocycles. The predicted molar refractivity (Wildman–Crippen MR) is 116 cm³/mol. The summed E-state index contributed by atoms with van der Waals surface area (Å²) >= 11 is 1.39. The lowest BCUT2D eigenvalue weighted by Gasteiger charge is -2.05. The van der Waals surface area contributed by atoms with Gasteiger partial charge in [-0.2, -0.15) is 5.10 Å². The minimum absolute atomic E-state index is 0.0645. The second-order valence-electron chi connectivity index (χ2n) is 6.53. The minimum atomic E-state index is -0.0645. The zero-order valence-electron chi connectivity index (χ0n) is 16.1. The van der Waals surface area contributed by atoms with Crippen molar-refractivity contribution in [3.63, 3.8) is 0 Å². The van der Waals surface area contributed by atoms with Crippen LogP contribution in [0, 0.1) is 6.92 Å². The maximum absolute atomic E-state index is 12.2. The number of benzene rings is 2. The Kier molecular flexibility index (Phi) is 5.48. The maximum atomic E-state index is 12.2. The summed E-state index contributed by atoms with van der Waals surface area (Å²) in [6, 6.07) is 19.3. The Morgan fingerprint density at radius 1 is 1.07 bits per heavy atom. The molecule has 2 aromatic heterocycles. The highest BCUT2D eigenvalue weighted by Crippen LogP contribution is 2.23. The Balaban J connectivity index is 1.43. The van der Waals surface area contributed by atoms with E-state index in [0.29, 0.717) is 0 Å². The standard InChI is InChI=1S/C22H20N4O2S/c1-15-3-7-17(8-4-15)23-21(27)14-29-22-12-11-20-24-19(13-26(20)25-22)16-5-9-18(28-2)10-6-16/h3-13H,14H2,1-2H3,(H,23,27). The molecule has 0 aliphatic carbocycles. The van der Waals surface area contributed by atoms with Crippen molar-refractivity contribution in [1.82, 2.24) is 14.6 Å². The van der Waals surface area contributed by atoms with E-state index in [4.69, 9.17) is 4.74 Å². The summed E-state index contributed by atoms with van der Waals surface area (Å²) in [4.78, 5) is 16.8. The van der Waals surface area contributed by atoms with Crippen LogP contribution in [0.4, 0.5) is 5.69 Å². The fraction of sp³-hybridized carbons (Fsp3) is 0.136. The van der Waals surface area contributed by atoms with Crippen LogP contribution in [-0.4, -0.2) is 33.4 Å². The molecule has 4 aromatic rings. The van der Waals surface area contributed by atoms with Crippen LogP contribution in [0.1, 0.15) is 5.56 Å². The maximum Gasteiger partial charge on any atom is 0.234 e. The summed E-state index contributed by atoms with van der Waals surface area (Å²) in [7, 11) is 1.64. The molecular weight excluding hydrogens is 384 g/mol. The Hall–Kier alpha value is -3.32. The molecule has 0 fully saturated rings. The van der Waals surface area contributed by atoms with E-state index in [1.54, 1.807) is 11.6 Å². The van der Waals surface area contributed by atoms with E-state index in [1.165, 1.54) is 11.8 Å². The number of methoxy groups -OCH3 is 1. The summed E-state index contributed by atoms with van der Waals surface area (Å²) in [5, 5.41) is 8.21. The average molecular weight is 404 g/mol. The monoisotopic (exact) mass is 404 g/mol. The van der Waals surface area contributed by atoms with Gasteiger partial charge in [-0.25, -0.2) is 9.50 Å². The number of hydrogen-bond acceptors (Lipinski definition) is 5. The number of carbonyl (C=O) groups is 1. The molecule has 4 rings (SSSR count). The number of thioether (sulfide) groups is 1. The van der Waals surface area contributed by atoms with E-state index < -0.39 is 0 Å². The highest BCUT2D eigenvalue weighted by molar-refractivity contribution is 7.99. The second-order valence-corrected chi connectivity index (χ2v) is 7.53.